The maximum atomic E-state index is 13.2. The number of nitrogens with two attached hydrogens (primary N) is 1. The van der Waals surface area contributed by atoms with Crippen molar-refractivity contribution in [1.29, 1.82) is 0 Å². The number of hydrogen-bond donors (Lipinski definition) is 2. The summed E-state index contributed by atoms with van der Waals surface area (Å²) >= 11 is 0. The van der Waals surface area contributed by atoms with Gasteiger partial charge in [0.25, 0.3) is 5.92 Å². The lowest BCUT2D eigenvalue weighted by Gasteiger charge is -2.15. The van der Waals surface area contributed by atoms with E-state index in [-0.39, 0.29) is 12.4 Å². The SMILES string of the molecule is Cl.NCC(F)(F)CNS(=O)(=O)c1ccc(F)c(F)c1F. The summed E-state index contributed by atoms with van der Waals surface area (Å²) in [5.74, 6) is -9.12. The van der Waals surface area contributed by atoms with Crippen LogP contribution in [0.2, 0.25) is 0 Å². The molecule has 11 heteroatoms. The van der Waals surface area contributed by atoms with Crippen molar-refractivity contribution >= 4 is 22.4 Å². The molecule has 0 amide bonds. The highest BCUT2D eigenvalue weighted by molar-refractivity contribution is 7.89. The summed E-state index contributed by atoms with van der Waals surface area (Å²) in [6.07, 6.45) is 0. The fourth-order valence-electron chi connectivity index (χ4n) is 1.07. The van der Waals surface area contributed by atoms with E-state index >= 15 is 0 Å². The molecule has 0 aliphatic heterocycles. The summed E-state index contributed by atoms with van der Waals surface area (Å²) < 4.78 is 88.5. The summed E-state index contributed by atoms with van der Waals surface area (Å²) in [6, 6.07) is 0.796. The zero-order valence-corrected chi connectivity index (χ0v) is 11.3. The third-order valence-corrected chi connectivity index (χ3v) is 3.53. The molecule has 20 heavy (non-hydrogen) atoms. The van der Waals surface area contributed by atoms with Crippen molar-refractivity contribution < 1.29 is 30.4 Å². The minimum atomic E-state index is -4.74. The second-order valence-electron chi connectivity index (χ2n) is 3.56. The third kappa shape index (κ3) is 4.27. The van der Waals surface area contributed by atoms with Crippen LogP contribution in [0, 0.1) is 17.5 Å². The number of benzene rings is 1. The average molecular weight is 341 g/mol. The monoisotopic (exact) mass is 340 g/mol. The highest BCUT2D eigenvalue weighted by Crippen LogP contribution is 2.20. The standard InChI is InChI=1S/C9H9F5N2O2S.ClH/c10-5-1-2-6(8(12)7(5)11)19(17,18)16-4-9(13,14)3-15;/h1-2,16H,3-4,15H2;1H. The van der Waals surface area contributed by atoms with Gasteiger partial charge in [-0.05, 0) is 12.1 Å². The molecule has 0 spiro atoms. The zero-order valence-electron chi connectivity index (χ0n) is 9.67. The van der Waals surface area contributed by atoms with Gasteiger partial charge in [-0.15, -0.1) is 12.4 Å². The molecule has 0 radical (unpaired) electrons. The maximum absolute atomic E-state index is 13.2. The van der Waals surface area contributed by atoms with Crippen molar-refractivity contribution in [2.45, 2.75) is 10.8 Å². The molecule has 116 valence electrons. The molecule has 4 nitrogen and oxygen atoms in total. The Morgan fingerprint density at radius 2 is 1.70 bits per heavy atom. The topological polar surface area (TPSA) is 72.2 Å². The van der Waals surface area contributed by atoms with Gasteiger partial charge in [-0.2, -0.15) is 0 Å². The smallest absolute Gasteiger partial charge is 0.273 e. The Hall–Kier alpha value is -0.970. The predicted molar refractivity (Wildman–Crippen MR) is 62.8 cm³/mol. The minimum absolute atomic E-state index is 0. The van der Waals surface area contributed by atoms with E-state index < -0.39 is 51.4 Å². The first-order valence-electron chi connectivity index (χ1n) is 4.82. The molecule has 1 rings (SSSR count). The molecule has 1 aromatic rings. The Labute approximate surface area is 117 Å². The molecule has 0 bridgehead atoms. The van der Waals surface area contributed by atoms with Crippen LogP contribution in [0.3, 0.4) is 0 Å². The Morgan fingerprint density at radius 1 is 1.15 bits per heavy atom. The van der Waals surface area contributed by atoms with E-state index in [0.717, 1.165) is 0 Å². The molecule has 0 aliphatic carbocycles. The van der Waals surface area contributed by atoms with Crippen LogP contribution >= 0.6 is 12.4 Å². The van der Waals surface area contributed by atoms with E-state index in [1.54, 1.807) is 0 Å². The lowest BCUT2D eigenvalue weighted by Crippen LogP contribution is -2.41. The normalized spacial score (nSPS) is 12.1. The molecule has 0 saturated carbocycles. The summed E-state index contributed by atoms with van der Waals surface area (Å²) in [5.41, 5.74) is 4.68. The zero-order chi connectivity index (χ0) is 14.8. The van der Waals surface area contributed by atoms with Gasteiger partial charge in [0.15, 0.2) is 17.5 Å². The van der Waals surface area contributed by atoms with Gasteiger partial charge < -0.3 is 5.73 Å². The number of sulfonamides is 1. The van der Waals surface area contributed by atoms with E-state index in [1.807, 2.05) is 0 Å². The van der Waals surface area contributed by atoms with Crippen molar-refractivity contribution in [1.82, 2.24) is 4.72 Å². The van der Waals surface area contributed by atoms with E-state index in [0.29, 0.717) is 12.1 Å². The predicted octanol–water partition coefficient (Wildman–Crippen LogP) is 1.40. The van der Waals surface area contributed by atoms with Gasteiger partial charge in [0.2, 0.25) is 10.0 Å². The summed E-state index contributed by atoms with van der Waals surface area (Å²) in [5, 5.41) is 0. The van der Waals surface area contributed by atoms with Gasteiger partial charge in [-0.1, -0.05) is 0 Å². The number of nitrogens with one attached hydrogen (secondary N) is 1. The first kappa shape index (κ1) is 19.0. The quantitative estimate of drug-likeness (QED) is 0.628. The second-order valence-corrected chi connectivity index (χ2v) is 5.29. The lowest BCUT2D eigenvalue weighted by molar-refractivity contribution is 0.0170. The Bertz CT molecular complexity index is 582. The van der Waals surface area contributed by atoms with Crippen LogP contribution in [-0.4, -0.2) is 27.4 Å². The second kappa shape index (κ2) is 6.66. The van der Waals surface area contributed by atoms with Crippen molar-refractivity contribution in [2.24, 2.45) is 5.73 Å². The fourth-order valence-corrected chi connectivity index (χ4v) is 2.20. The minimum Gasteiger partial charge on any atom is -0.325 e. The highest BCUT2D eigenvalue weighted by Gasteiger charge is 2.31. The van der Waals surface area contributed by atoms with Crippen LogP contribution in [0.4, 0.5) is 22.0 Å². The van der Waals surface area contributed by atoms with Crippen LogP contribution < -0.4 is 10.5 Å². The number of hydrogen-bond acceptors (Lipinski definition) is 3. The molecule has 0 aromatic heterocycles. The van der Waals surface area contributed by atoms with Crippen LogP contribution in [0.25, 0.3) is 0 Å². The summed E-state index contributed by atoms with van der Waals surface area (Å²) in [4.78, 5) is -1.26. The molecule has 0 aliphatic rings. The average Bonchev–Trinajstić information content (AvgIpc) is 2.34. The first-order valence-corrected chi connectivity index (χ1v) is 6.30. The number of rotatable bonds is 5. The van der Waals surface area contributed by atoms with E-state index in [4.69, 9.17) is 0 Å². The van der Waals surface area contributed by atoms with Gasteiger partial charge in [0.05, 0.1) is 13.1 Å². The van der Waals surface area contributed by atoms with Crippen LogP contribution in [0.5, 0.6) is 0 Å². The number of alkyl halides is 2. The molecule has 0 unspecified atom stereocenters. The molecular weight excluding hydrogens is 331 g/mol. The molecule has 0 atom stereocenters. The van der Waals surface area contributed by atoms with Gasteiger partial charge in [-0.3, -0.25) is 0 Å². The van der Waals surface area contributed by atoms with Crippen LogP contribution in [-0.2, 0) is 10.0 Å². The van der Waals surface area contributed by atoms with Crippen LogP contribution in [0.15, 0.2) is 17.0 Å². The number of halogens is 6. The Morgan fingerprint density at radius 3 is 2.20 bits per heavy atom. The van der Waals surface area contributed by atoms with Gasteiger partial charge in [0.1, 0.15) is 4.90 Å². The molecular formula is C9H10ClF5N2O2S. The van der Waals surface area contributed by atoms with Gasteiger partial charge in [-0.25, -0.2) is 35.1 Å². The summed E-state index contributed by atoms with van der Waals surface area (Å²) in [7, 11) is -4.74. The summed E-state index contributed by atoms with van der Waals surface area (Å²) in [6.45, 7) is -2.51. The van der Waals surface area contributed by atoms with Crippen molar-refractivity contribution in [3.8, 4) is 0 Å². The fraction of sp³-hybridized carbons (Fsp3) is 0.333. The Balaban J connectivity index is 0.00000361. The van der Waals surface area contributed by atoms with Crippen LogP contribution in [0.1, 0.15) is 0 Å². The van der Waals surface area contributed by atoms with Crippen molar-refractivity contribution in [3.05, 3.63) is 29.6 Å². The van der Waals surface area contributed by atoms with Gasteiger partial charge in [0, 0.05) is 0 Å². The molecule has 0 heterocycles. The van der Waals surface area contributed by atoms with E-state index in [1.165, 1.54) is 4.72 Å². The molecule has 3 N–H and O–H groups in total. The maximum Gasteiger partial charge on any atom is 0.273 e. The van der Waals surface area contributed by atoms with Crippen molar-refractivity contribution in [2.75, 3.05) is 13.1 Å². The molecule has 0 saturated heterocycles. The van der Waals surface area contributed by atoms with E-state index in [9.17, 15) is 30.4 Å². The third-order valence-electron chi connectivity index (χ3n) is 2.11. The highest BCUT2D eigenvalue weighted by atomic mass is 35.5. The molecule has 1 aromatic carbocycles. The first-order chi connectivity index (χ1) is 8.60. The lowest BCUT2D eigenvalue weighted by atomic mass is 10.3. The van der Waals surface area contributed by atoms with E-state index in [2.05, 4.69) is 5.73 Å². The largest absolute Gasteiger partial charge is 0.325 e. The Kier molecular flexibility index (Phi) is 6.33. The van der Waals surface area contributed by atoms with Crippen molar-refractivity contribution in [3.63, 3.8) is 0 Å². The van der Waals surface area contributed by atoms with Gasteiger partial charge >= 0.3 is 0 Å². The molecule has 0 fully saturated rings.